The molecule has 6 rings (SSSR count). The minimum absolute atomic E-state index is 0.00944. The fraction of sp³-hybridized carbons (Fsp3) is 0.455. The normalized spacial score (nSPS) is 16.8. The van der Waals surface area contributed by atoms with E-state index in [1.165, 1.54) is 5.69 Å². The lowest BCUT2D eigenvalue weighted by Crippen LogP contribution is -2.44. The molecule has 0 bridgehead atoms. The third kappa shape index (κ3) is 6.57. The van der Waals surface area contributed by atoms with Crippen LogP contribution in [0.2, 0.25) is 0 Å². The van der Waals surface area contributed by atoms with Gasteiger partial charge >= 0.3 is 6.09 Å². The maximum absolute atomic E-state index is 12.4. The van der Waals surface area contributed by atoms with Crippen LogP contribution in [0.5, 0.6) is 5.75 Å². The summed E-state index contributed by atoms with van der Waals surface area (Å²) in [6.07, 6.45) is 2.78. The Labute approximate surface area is 258 Å². The summed E-state index contributed by atoms with van der Waals surface area (Å²) in [5.74, 6) is 1.53. The van der Waals surface area contributed by atoms with Crippen LogP contribution in [0.25, 0.3) is 33.8 Å². The van der Waals surface area contributed by atoms with Gasteiger partial charge < -0.3 is 34.5 Å². The third-order valence-electron chi connectivity index (χ3n) is 8.21. The summed E-state index contributed by atoms with van der Waals surface area (Å²) in [5.41, 5.74) is 5.70. The Kier molecular flexibility index (Phi) is 8.31. The maximum atomic E-state index is 12.4. The first kappa shape index (κ1) is 29.7. The van der Waals surface area contributed by atoms with Crippen molar-refractivity contribution in [2.45, 2.75) is 45.3 Å². The average molecular weight is 599 g/mol. The number of aromatic amines is 1. The number of hydrogen-bond donors (Lipinski definition) is 2. The van der Waals surface area contributed by atoms with Gasteiger partial charge in [-0.3, -0.25) is 0 Å². The van der Waals surface area contributed by atoms with Crippen molar-refractivity contribution in [1.29, 1.82) is 0 Å². The van der Waals surface area contributed by atoms with Gasteiger partial charge in [-0.1, -0.05) is 0 Å². The van der Waals surface area contributed by atoms with Gasteiger partial charge in [-0.15, -0.1) is 0 Å². The molecule has 2 N–H and O–H groups in total. The van der Waals surface area contributed by atoms with E-state index in [0.717, 1.165) is 78.6 Å². The smallest absolute Gasteiger partial charge is 0.410 e. The van der Waals surface area contributed by atoms with Gasteiger partial charge in [0.15, 0.2) is 5.65 Å². The molecule has 0 spiro atoms. The molecule has 0 unspecified atom stereocenters. The number of anilines is 2. The van der Waals surface area contributed by atoms with Crippen LogP contribution < -0.4 is 15.0 Å². The number of likely N-dealkylation sites (N-methyl/N-ethyl adjacent to an activating group) is 1. The molecule has 2 fully saturated rings. The van der Waals surface area contributed by atoms with Crippen LogP contribution in [-0.4, -0.2) is 101 Å². The van der Waals surface area contributed by atoms with E-state index >= 15 is 0 Å². The molecule has 2 aliphatic rings. The van der Waals surface area contributed by atoms with Crippen LogP contribution in [0.3, 0.4) is 0 Å². The van der Waals surface area contributed by atoms with Gasteiger partial charge in [0.05, 0.1) is 11.4 Å². The lowest BCUT2D eigenvalue weighted by atomic mass is 10.1. The first-order valence-corrected chi connectivity index (χ1v) is 15.4. The van der Waals surface area contributed by atoms with Gasteiger partial charge in [-0.25, -0.2) is 19.7 Å². The van der Waals surface area contributed by atoms with Crippen molar-refractivity contribution in [3.05, 3.63) is 48.8 Å². The molecular formula is C33H42N8O3. The van der Waals surface area contributed by atoms with Crippen LogP contribution in [0.4, 0.5) is 16.2 Å². The van der Waals surface area contributed by atoms with Crippen LogP contribution >= 0.6 is 0 Å². The van der Waals surface area contributed by atoms with E-state index in [4.69, 9.17) is 14.5 Å². The second-order valence-electron chi connectivity index (χ2n) is 12.6. The van der Waals surface area contributed by atoms with Crippen LogP contribution in [0, 0.1) is 0 Å². The second kappa shape index (κ2) is 12.3. The fourth-order valence-corrected chi connectivity index (χ4v) is 5.72. The molecule has 44 heavy (non-hydrogen) atoms. The average Bonchev–Trinajstić information content (AvgIpc) is 3.46. The van der Waals surface area contributed by atoms with Crippen molar-refractivity contribution >= 4 is 28.6 Å². The summed E-state index contributed by atoms with van der Waals surface area (Å²) in [6, 6.07) is 14.6. The molecule has 2 saturated heterocycles. The Balaban J connectivity index is 1.16. The maximum Gasteiger partial charge on any atom is 0.410 e. The summed E-state index contributed by atoms with van der Waals surface area (Å²) in [6.45, 7) is 11.1. The number of imidazole rings is 1. The summed E-state index contributed by atoms with van der Waals surface area (Å²) in [7, 11) is 4.05. The van der Waals surface area contributed by atoms with Crippen molar-refractivity contribution in [3.63, 3.8) is 0 Å². The van der Waals surface area contributed by atoms with Gasteiger partial charge in [0, 0.05) is 76.0 Å². The monoisotopic (exact) mass is 598 g/mol. The lowest BCUT2D eigenvalue weighted by molar-refractivity contribution is 0.0127. The number of nitrogens with zero attached hydrogens (tertiary/aromatic N) is 6. The Morgan fingerprint density at radius 3 is 2.34 bits per heavy atom. The molecule has 2 aliphatic heterocycles. The number of fused-ring (bicyclic) bond motifs is 1. The standard InChI is InChI=1S/C33H42N8O3/c1-33(2,3)44-32(42)41-14-12-25(13-15-41)43-27-11-8-23(20-26(27)34-4)28-29-31(36-21-35-28)38-30(37-29)22-6-9-24(10-7-22)40-18-16-39(5)17-19-40/h6-11,20-21,25,34H,12-19H2,1-5H3,(H,35,36,37,38). The largest absolute Gasteiger partial charge is 0.488 e. The number of aromatic nitrogens is 4. The van der Waals surface area contributed by atoms with Gasteiger partial charge in [0.2, 0.25) is 0 Å². The summed E-state index contributed by atoms with van der Waals surface area (Å²) < 4.78 is 11.9. The predicted molar refractivity (Wildman–Crippen MR) is 173 cm³/mol. The highest BCUT2D eigenvalue weighted by Crippen LogP contribution is 2.34. The number of carbonyl (C=O) groups is 1. The zero-order chi connectivity index (χ0) is 30.8. The van der Waals surface area contributed by atoms with E-state index in [-0.39, 0.29) is 12.2 Å². The van der Waals surface area contributed by atoms with Crippen molar-refractivity contribution < 1.29 is 14.3 Å². The topological polar surface area (TPSA) is 112 Å². The molecule has 0 radical (unpaired) electrons. The van der Waals surface area contributed by atoms with E-state index in [1.54, 1.807) is 11.2 Å². The van der Waals surface area contributed by atoms with E-state index in [2.05, 4.69) is 61.4 Å². The molecule has 1 amide bonds. The summed E-state index contributed by atoms with van der Waals surface area (Å²) >= 11 is 0. The molecule has 0 atom stereocenters. The number of rotatable bonds is 6. The molecule has 2 aromatic heterocycles. The van der Waals surface area contributed by atoms with E-state index in [9.17, 15) is 4.79 Å². The van der Waals surface area contributed by atoms with Gasteiger partial charge in [-0.05, 0) is 70.3 Å². The number of amides is 1. The fourth-order valence-electron chi connectivity index (χ4n) is 5.72. The van der Waals surface area contributed by atoms with Gasteiger partial charge in [0.1, 0.15) is 35.1 Å². The number of piperidine rings is 1. The number of benzene rings is 2. The zero-order valence-corrected chi connectivity index (χ0v) is 26.3. The highest BCUT2D eigenvalue weighted by atomic mass is 16.6. The van der Waals surface area contributed by atoms with Crippen molar-refractivity contribution in [2.24, 2.45) is 0 Å². The Morgan fingerprint density at radius 1 is 0.955 bits per heavy atom. The second-order valence-corrected chi connectivity index (χ2v) is 12.6. The first-order chi connectivity index (χ1) is 21.2. The SMILES string of the molecule is CNc1cc(-c2ncnc3nc(-c4ccc(N5CCN(C)CC5)cc4)[nH]c23)ccc1OC1CCN(C(=O)OC(C)(C)C)CC1. The number of H-pyrrole nitrogens is 1. The lowest BCUT2D eigenvalue weighted by Gasteiger charge is -2.34. The molecule has 4 heterocycles. The summed E-state index contributed by atoms with van der Waals surface area (Å²) in [5, 5.41) is 3.28. The molecule has 11 nitrogen and oxygen atoms in total. The minimum atomic E-state index is -0.503. The van der Waals surface area contributed by atoms with Gasteiger partial charge in [-0.2, -0.15) is 0 Å². The number of carbonyl (C=O) groups excluding carboxylic acids is 1. The van der Waals surface area contributed by atoms with Gasteiger partial charge in [0.25, 0.3) is 0 Å². The number of hydrogen-bond acceptors (Lipinski definition) is 9. The third-order valence-corrected chi connectivity index (χ3v) is 8.21. The Bertz CT molecular complexity index is 1600. The van der Waals surface area contributed by atoms with Crippen molar-refractivity contribution in [2.75, 3.05) is 63.6 Å². The number of piperazine rings is 1. The van der Waals surface area contributed by atoms with Crippen LogP contribution in [-0.2, 0) is 4.74 Å². The number of ether oxygens (including phenoxy) is 2. The van der Waals surface area contributed by atoms with E-state index in [0.29, 0.717) is 18.7 Å². The molecular weight excluding hydrogens is 556 g/mol. The zero-order valence-electron chi connectivity index (χ0n) is 26.3. The number of nitrogens with one attached hydrogen (secondary N) is 2. The Morgan fingerprint density at radius 2 is 1.66 bits per heavy atom. The summed E-state index contributed by atoms with van der Waals surface area (Å²) in [4.78, 5) is 36.3. The molecule has 232 valence electrons. The number of likely N-dealkylation sites (tertiary alicyclic amines) is 1. The first-order valence-electron chi connectivity index (χ1n) is 15.4. The highest BCUT2D eigenvalue weighted by Gasteiger charge is 2.28. The molecule has 0 aliphatic carbocycles. The van der Waals surface area contributed by atoms with E-state index < -0.39 is 5.60 Å². The molecule has 2 aromatic carbocycles. The van der Waals surface area contributed by atoms with Crippen molar-refractivity contribution in [1.82, 2.24) is 29.7 Å². The molecule has 0 saturated carbocycles. The van der Waals surface area contributed by atoms with Crippen molar-refractivity contribution in [3.8, 4) is 28.4 Å². The quantitative estimate of drug-likeness (QED) is 0.307. The minimum Gasteiger partial charge on any atom is -0.488 e. The van der Waals surface area contributed by atoms with Crippen LogP contribution in [0.15, 0.2) is 48.8 Å². The molecule has 11 heteroatoms. The van der Waals surface area contributed by atoms with E-state index in [1.807, 2.05) is 46.0 Å². The highest BCUT2D eigenvalue weighted by molar-refractivity contribution is 5.90. The Hall–Kier alpha value is -4.38. The predicted octanol–water partition coefficient (Wildman–Crippen LogP) is 5.26. The molecule has 4 aromatic rings. The van der Waals surface area contributed by atoms with Crippen LogP contribution in [0.1, 0.15) is 33.6 Å².